The Bertz CT molecular complexity index is 469. The van der Waals surface area contributed by atoms with Gasteiger partial charge >= 0.3 is 5.97 Å². The van der Waals surface area contributed by atoms with Gasteiger partial charge in [-0.3, -0.25) is 0 Å². The molecule has 18 heavy (non-hydrogen) atoms. The molecule has 1 rings (SSSR count). The largest absolute Gasteiger partial charge is 0.467 e. The first kappa shape index (κ1) is 13.9. The van der Waals surface area contributed by atoms with E-state index in [0.29, 0.717) is 17.8 Å². The molecule has 1 heterocycles. The van der Waals surface area contributed by atoms with Crippen molar-refractivity contribution in [3.8, 4) is 6.07 Å². The lowest BCUT2D eigenvalue weighted by molar-refractivity contribution is -0.145. The third-order valence-electron chi connectivity index (χ3n) is 2.62. The highest BCUT2D eigenvalue weighted by atomic mass is 16.5. The normalized spacial score (nSPS) is 13.2. The van der Waals surface area contributed by atoms with Gasteiger partial charge in [-0.15, -0.1) is 5.10 Å². The van der Waals surface area contributed by atoms with Crippen molar-refractivity contribution < 1.29 is 9.53 Å². The van der Waals surface area contributed by atoms with Crippen molar-refractivity contribution in [3.63, 3.8) is 0 Å². The van der Waals surface area contributed by atoms with Crippen molar-refractivity contribution in [2.75, 3.05) is 12.4 Å². The van der Waals surface area contributed by atoms with Gasteiger partial charge in [0.05, 0.1) is 18.9 Å². The number of esters is 1. The molecule has 0 fully saturated rings. The van der Waals surface area contributed by atoms with Gasteiger partial charge in [0, 0.05) is 0 Å². The Morgan fingerprint density at radius 1 is 1.67 bits per heavy atom. The van der Waals surface area contributed by atoms with Crippen molar-refractivity contribution in [1.29, 1.82) is 5.26 Å². The first-order valence-corrected chi connectivity index (χ1v) is 5.65. The summed E-state index contributed by atoms with van der Waals surface area (Å²) >= 11 is 0. The fraction of sp³-hybridized carbons (Fsp3) is 0.500. The van der Waals surface area contributed by atoms with Crippen LogP contribution in [0.3, 0.4) is 0 Å². The van der Waals surface area contributed by atoms with E-state index in [9.17, 15) is 4.79 Å². The number of aromatic nitrogens is 2. The average Bonchev–Trinajstić information content (AvgIpc) is 2.38. The van der Waals surface area contributed by atoms with Crippen molar-refractivity contribution in [2.45, 2.75) is 32.2 Å². The van der Waals surface area contributed by atoms with Crippen LogP contribution >= 0.6 is 0 Å². The minimum Gasteiger partial charge on any atom is -0.467 e. The highest BCUT2D eigenvalue weighted by Crippen LogP contribution is 2.21. The number of carbonyl (C=O) groups is 1. The van der Waals surface area contributed by atoms with Crippen LogP contribution < -0.4 is 5.32 Å². The van der Waals surface area contributed by atoms with E-state index in [4.69, 9.17) is 10.00 Å². The zero-order chi connectivity index (χ0) is 13.6. The maximum Gasteiger partial charge on any atom is 0.331 e. The Balaban J connectivity index is 3.04. The Hall–Kier alpha value is -2.16. The van der Waals surface area contributed by atoms with Crippen LogP contribution in [0, 0.1) is 11.3 Å². The Labute approximate surface area is 106 Å². The van der Waals surface area contributed by atoms with Gasteiger partial charge in [-0.05, 0) is 19.4 Å². The van der Waals surface area contributed by atoms with E-state index in [1.165, 1.54) is 13.3 Å². The number of nitrogens with zero attached hydrogens (tertiary/aromatic N) is 3. The monoisotopic (exact) mass is 248 g/mol. The molecular formula is C12H16N4O2. The fourth-order valence-electron chi connectivity index (χ4n) is 1.72. The second-order valence-corrected chi connectivity index (χ2v) is 4.10. The van der Waals surface area contributed by atoms with Crippen LogP contribution in [-0.2, 0) is 9.53 Å². The third kappa shape index (κ3) is 2.94. The molecule has 1 aromatic rings. The molecular weight excluding hydrogens is 232 g/mol. The smallest absolute Gasteiger partial charge is 0.331 e. The van der Waals surface area contributed by atoms with E-state index in [2.05, 4.69) is 15.5 Å². The minimum absolute atomic E-state index is 0.293. The maximum absolute atomic E-state index is 11.8. The summed E-state index contributed by atoms with van der Waals surface area (Å²) in [7, 11) is 1.33. The van der Waals surface area contributed by atoms with Gasteiger partial charge in [0.2, 0.25) is 0 Å². The molecule has 0 spiro atoms. The summed E-state index contributed by atoms with van der Waals surface area (Å²) in [6.45, 7) is 3.68. The Morgan fingerprint density at radius 3 is 2.94 bits per heavy atom. The predicted octanol–water partition coefficient (Wildman–Crippen LogP) is 1.49. The number of hydrogen-bond donors (Lipinski definition) is 1. The van der Waals surface area contributed by atoms with Crippen LogP contribution in [0.4, 0.5) is 5.82 Å². The first-order chi connectivity index (χ1) is 8.57. The highest BCUT2D eigenvalue weighted by Gasteiger charge is 2.34. The van der Waals surface area contributed by atoms with Gasteiger partial charge in [-0.2, -0.15) is 10.4 Å². The van der Waals surface area contributed by atoms with Crippen molar-refractivity contribution in [3.05, 3.63) is 17.8 Å². The SMILES string of the molecule is CCCC(C)(Nc1nnccc1C#N)C(=O)OC. The molecule has 0 saturated carbocycles. The number of methoxy groups -OCH3 is 1. The molecule has 0 bridgehead atoms. The Kier molecular flexibility index (Phi) is 4.60. The molecule has 0 radical (unpaired) electrons. The number of anilines is 1. The lowest BCUT2D eigenvalue weighted by Gasteiger charge is -2.28. The van der Waals surface area contributed by atoms with Gasteiger partial charge in [0.15, 0.2) is 5.82 Å². The fourth-order valence-corrected chi connectivity index (χ4v) is 1.72. The molecule has 96 valence electrons. The van der Waals surface area contributed by atoms with Crippen LogP contribution in [0.25, 0.3) is 0 Å². The van der Waals surface area contributed by atoms with E-state index < -0.39 is 5.54 Å². The van der Waals surface area contributed by atoms with Crippen LogP contribution in [0.2, 0.25) is 0 Å². The molecule has 1 aromatic heterocycles. The van der Waals surface area contributed by atoms with E-state index in [1.807, 2.05) is 13.0 Å². The summed E-state index contributed by atoms with van der Waals surface area (Å²) in [4.78, 5) is 11.8. The molecule has 0 aromatic carbocycles. The third-order valence-corrected chi connectivity index (χ3v) is 2.62. The second kappa shape index (κ2) is 5.96. The first-order valence-electron chi connectivity index (χ1n) is 5.65. The number of hydrogen-bond acceptors (Lipinski definition) is 6. The molecule has 6 nitrogen and oxygen atoms in total. The molecule has 1 unspecified atom stereocenters. The number of carbonyl (C=O) groups excluding carboxylic acids is 1. The van der Waals surface area contributed by atoms with Crippen LogP contribution in [-0.4, -0.2) is 28.8 Å². The zero-order valence-corrected chi connectivity index (χ0v) is 10.7. The van der Waals surface area contributed by atoms with Gasteiger partial charge in [0.1, 0.15) is 11.6 Å². The minimum atomic E-state index is -0.912. The van der Waals surface area contributed by atoms with E-state index in [0.717, 1.165) is 6.42 Å². The molecule has 0 aliphatic carbocycles. The summed E-state index contributed by atoms with van der Waals surface area (Å²) < 4.78 is 4.78. The van der Waals surface area contributed by atoms with Crippen molar-refractivity contribution in [2.24, 2.45) is 0 Å². The Morgan fingerprint density at radius 2 is 2.39 bits per heavy atom. The number of nitrogens with one attached hydrogen (secondary N) is 1. The maximum atomic E-state index is 11.8. The average molecular weight is 248 g/mol. The van der Waals surface area contributed by atoms with Crippen LogP contribution in [0.15, 0.2) is 12.3 Å². The summed E-state index contributed by atoms with van der Waals surface area (Å²) in [5, 5.41) is 19.5. The lowest BCUT2D eigenvalue weighted by atomic mass is 9.96. The van der Waals surface area contributed by atoms with Crippen molar-refractivity contribution >= 4 is 11.8 Å². The number of nitriles is 1. The van der Waals surface area contributed by atoms with Crippen LogP contribution in [0.1, 0.15) is 32.3 Å². The van der Waals surface area contributed by atoms with E-state index >= 15 is 0 Å². The molecule has 1 atom stereocenters. The summed E-state index contributed by atoms with van der Waals surface area (Å²) in [6, 6.07) is 3.54. The van der Waals surface area contributed by atoms with E-state index in [-0.39, 0.29) is 5.97 Å². The predicted molar refractivity (Wildman–Crippen MR) is 65.7 cm³/mol. The number of ether oxygens (including phenoxy) is 1. The quantitative estimate of drug-likeness (QED) is 0.794. The molecule has 1 N–H and O–H groups in total. The van der Waals surface area contributed by atoms with Crippen molar-refractivity contribution in [1.82, 2.24) is 10.2 Å². The van der Waals surface area contributed by atoms with Crippen LogP contribution in [0.5, 0.6) is 0 Å². The standard InChI is InChI=1S/C12H16N4O2/c1-4-6-12(2,11(17)18-3)15-10-9(8-13)5-7-14-16-10/h5,7H,4,6H2,1-3H3,(H,15,16). The topological polar surface area (TPSA) is 87.9 Å². The van der Waals surface area contributed by atoms with Gasteiger partial charge in [-0.25, -0.2) is 4.79 Å². The molecule has 6 heteroatoms. The molecule has 0 saturated heterocycles. The summed E-state index contributed by atoms with van der Waals surface area (Å²) in [5.74, 6) is -0.0970. The molecule has 0 aliphatic heterocycles. The van der Waals surface area contributed by atoms with E-state index in [1.54, 1.807) is 13.0 Å². The van der Waals surface area contributed by atoms with Gasteiger partial charge in [-0.1, -0.05) is 13.3 Å². The van der Waals surface area contributed by atoms with Gasteiger partial charge < -0.3 is 10.1 Å². The summed E-state index contributed by atoms with van der Waals surface area (Å²) in [5.41, 5.74) is -0.568. The zero-order valence-electron chi connectivity index (χ0n) is 10.7. The second-order valence-electron chi connectivity index (χ2n) is 4.10. The molecule has 0 aliphatic rings. The number of rotatable bonds is 5. The summed E-state index contributed by atoms with van der Waals surface area (Å²) in [6.07, 6.45) is 2.79. The highest BCUT2D eigenvalue weighted by molar-refractivity contribution is 5.84. The molecule has 0 amide bonds. The lowest BCUT2D eigenvalue weighted by Crippen LogP contribution is -2.44. The van der Waals surface area contributed by atoms with Gasteiger partial charge in [0.25, 0.3) is 0 Å².